The molecule has 2 unspecified atom stereocenters. The molecule has 0 aromatic rings. The highest BCUT2D eigenvalue weighted by Crippen LogP contribution is 2.33. The molecule has 1 N–H and O–H groups in total. The number of hydrogen-bond donors (Lipinski definition) is 1. The van der Waals surface area contributed by atoms with Gasteiger partial charge in [0.15, 0.2) is 0 Å². The second-order valence-corrected chi connectivity index (χ2v) is 5.19. The van der Waals surface area contributed by atoms with Crippen LogP contribution in [-0.2, 0) is 0 Å². The number of nitrogens with zero attached hydrogens (tertiary/aromatic N) is 1. The summed E-state index contributed by atoms with van der Waals surface area (Å²) in [6, 6.07) is 0. The zero-order chi connectivity index (χ0) is 13.5. The van der Waals surface area contributed by atoms with E-state index < -0.39 is 0 Å². The lowest BCUT2D eigenvalue weighted by molar-refractivity contribution is -0.0622. The summed E-state index contributed by atoms with van der Waals surface area (Å²) in [5.74, 6) is 0.389. The smallest absolute Gasteiger partial charge is 0.0749 e. The van der Waals surface area contributed by atoms with Gasteiger partial charge < -0.3 is 5.11 Å². The topological polar surface area (TPSA) is 23.5 Å². The highest BCUT2D eigenvalue weighted by Gasteiger charge is 2.41. The van der Waals surface area contributed by atoms with Gasteiger partial charge in [-0.05, 0) is 38.3 Å². The summed E-state index contributed by atoms with van der Waals surface area (Å²) in [4.78, 5) is 2.45. The van der Waals surface area contributed by atoms with Crippen LogP contribution in [0.3, 0.4) is 0 Å². The van der Waals surface area contributed by atoms with Gasteiger partial charge in [0.05, 0.1) is 6.10 Å². The van der Waals surface area contributed by atoms with Crippen molar-refractivity contribution in [1.29, 1.82) is 0 Å². The van der Waals surface area contributed by atoms with Crippen LogP contribution in [0, 0.1) is 5.92 Å². The number of rotatable bonds is 9. The van der Waals surface area contributed by atoms with Crippen LogP contribution in [0.4, 0.5) is 0 Å². The van der Waals surface area contributed by atoms with Crippen molar-refractivity contribution in [2.45, 2.75) is 78.9 Å². The molecule has 0 rings (SSSR count). The van der Waals surface area contributed by atoms with E-state index in [2.05, 4.69) is 46.4 Å². The molecule has 0 aliphatic carbocycles. The maximum absolute atomic E-state index is 10.8. The standard InChI is InChI=1S/C15H33NO/c1-7-12-13(6)14(17)15(8-2,9-3)16(10-4)11-5/h13-14,17H,7-12H2,1-6H3. The Morgan fingerprint density at radius 1 is 1.00 bits per heavy atom. The minimum Gasteiger partial charge on any atom is -0.391 e. The Morgan fingerprint density at radius 2 is 1.47 bits per heavy atom. The number of aliphatic hydroxyl groups is 1. The largest absolute Gasteiger partial charge is 0.391 e. The van der Waals surface area contributed by atoms with E-state index >= 15 is 0 Å². The van der Waals surface area contributed by atoms with Crippen molar-refractivity contribution in [2.24, 2.45) is 5.92 Å². The van der Waals surface area contributed by atoms with Gasteiger partial charge in [-0.3, -0.25) is 4.90 Å². The van der Waals surface area contributed by atoms with E-state index in [4.69, 9.17) is 0 Å². The summed E-state index contributed by atoms with van der Waals surface area (Å²) < 4.78 is 0. The Kier molecular flexibility index (Phi) is 8.06. The van der Waals surface area contributed by atoms with Gasteiger partial charge in [-0.1, -0.05) is 48.0 Å². The van der Waals surface area contributed by atoms with Crippen LogP contribution < -0.4 is 0 Å². The van der Waals surface area contributed by atoms with E-state index in [9.17, 15) is 5.11 Å². The zero-order valence-electron chi connectivity index (χ0n) is 12.8. The fraction of sp³-hybridized carbons (Fsp3) is 1.00. The molecule has 0 aromatic carbocycles. The lowest BCUT2D eigenvalue weighted by Gasteiger charge is -2.47. The van der Waals surface area contributed by atoms with Crippen molar-refractivity contribution < 1.29 is 5.11 Å². The van der Waals surface area contributed by atoms with E-state index in [0.717, 1.165) is 38.8 Å². The number of likely N-dealkylation sites (N-methyl/N-ethyl adjacent to an activating group) is 1. The molecule has 0 heterocycles. The molecule has 0 saturated heterocycles. The van der Waals surface area contributed by atoms with Crippen LogP contribution in [0.1, 0.15) is 67.2 Å². The van der Waals surface area contributed by atoms with Crippen molar-refractivity contribution in [3.63, 3.8) is 0 Å². The normalized spacial score (nSPS) is 16.2. The van der Waals surface area contributed by atoms with E-state index in [0.29, 0.717) is 5.92 Å². The minimum absolute atomic E-state index is 0.0297. The summed E-state index contributed by atoms with van der Waals surface area (Å²) in [7, 11) is 0. The van der Waals surface area contributed by atoms with Crippen LogP contribution in [0.25, 0.3) is 0 Å². The SMILES string of the molecule is CCCC(C)C(O)C(CC)(CC)N(CC)CC. The van der Waals surface area contributed by atoms with Crippen molar-refractivity contribution >= 4 is 0 Å². The van der Waals surface area contributed by atoms with Crippen LogP contribution >= 0.6 is 0 Å². The summed E-state index contributed by atoms with van der Waals surface area (Å²) in [5, 5.41) is 10.8. The maximum atomic E-state index is 10.8. The molecular formula is C15H33NO. The molecule has 0 aromatic heterocycles. The second kappa shape index (κ2) is 8.10. The first-order valence-electron chi connectivity index (χ1n) is 7.46. The van der Waals surface area contributed by atoms with E-state index in [1.807, 2.05) is 0 Å². The Labute approximate surface area is 108 Å². The summed E-state index contributed by atoms with van der Waals surface area (Å²) in [5.41, 5.74) is -0.0297. The fourth-order valence-corrected chi connectivity index (χ4v) is 3.30. The van der Waals surface area contributed by atoms with E-state index in [-0.39, 0.29) is 11.6 Å². The van der Waals surface area contributed by atoms with E-state index in [1.54, 1.807) is 0 Å². The van der Waals surface area contributed by atoms with Crippen LogP contribution in [-0.4, -0.2) is 34.7 Å². The molecule has 0 fully saturated rings. The predicted octanol–water partition coefficient (Wildman–Crippen LogP) is 3.68. The van der Waals surface area contributed by atoms with Crippen molar-refractivity contribution in [3.05, 3.63) is 0 Å². The molecule has 2 atom stereocenters. The van der Waals surface area contributed by atoms with Crippen molar-refractivity contribution in [3.8, 4) is 0 Å². The maximum Gasteiger partial charge on any atom is 0.0749 e. The Hall–Kier alpha value is -0.0800. The molecule has 104 valence electrons. The Balaban J connectivity index is 5.02. The molecule has 0 bridgehead atoms. The summed E-state index contributed by atoms with van der Waals surface area (Å²) in [6.07, 6.45) is 4.11. The van der Waals surface area contributed by atoms with Crippen molar-refractivity contribution in [2.75, 3.05) is 13.1 Å². The predicted molar refractivity (Wildman–Crippen MR) is 76.3 cm³/mol. The lowest BCUT2D eigenvalue weighted by atomic mass is 9.77. The molecule has 2 heteroatoms. The molecule has 0 radical (unpaired) electrons. The molecule has 0 aliphatic rings. The third kappa shape index (κ3) is 3.69. The van der Waals surface area contributed by atoms with Crippen LogP contribution in [0.5, 0.6) is 0 Å². The zero-order valence-corrected chi connectivity index (χ0v) is 12.8. The van der Waals surface area contributed by atoms with Crippen LogP contribution in [0.2, 0.25) is 0 Å². The Morgan fingerprint density at radius 3 is 1.76 bits per heavy atom. The molecule has 0 aliphatic heterocycles. The molecule has 0 saturated carbocycles. The first-order valence-corrected chi connectivity index (χ1v) is 7.46. The van der Waals surface area contributed by atoms with Gasteiger partial charge in [0.2, 0.25) is 0 Å². The number of hydrogen-bond acceptors (Lipinski definition) is 2. The van der Waals surface area contributed by atoms with Gasteiger partial charge in [0.1, 0.15) is 0 Å². The molecule has 0 amide bonds. The molecule has 0 spiro atoms. The van der Waals surface area contributed by atoms with Gasteiger partial charge in [-0.15, -0.1) is 0 Å². The minimum atomic E-state index is -0.211. The van der Waals surface area contributed by atoms with Crippen molar-refractivity contribution in [1.82, 2.24) is 4.90 Å². The third-order valence-corrected chi connectivity index (χ3v) is 4.45. The highest BCUT2D eigenvalue weighted by molar-refractivity contribution is 4.96. The first-order chi connectivity index (χ1) is 8.03. The fourth-order valence-electron chi connectivity index (χ4n) is 3.30. The molecule has 2 nitrogen and oxygen atoms in total. The highest BCUT2D eigenvalue weighted by atomic mass is 16.3. The average molecular weight is 243 g/mol. The van der Waals surface area contributed by atoms with Crippen LogP contribution in [0.15, 0.2) is 0 Å². The quantitative estimate of drug-likeness (QED) is 0.667. The summed E-state index contributed by atoms with van der Waals surface area (Å²) >= 11 is 0. The summed E-state index contributed by atoms with van der Waals surface area (Å²) in [6.45, 7) is 15.2. The van der Waals surface area contributed by atoms with Gasteiger partial charge in [-0.25, -0.2) is 0 Å². The van der Waals surface area contributed by atoms with Gasteiger partial charge in [0, 0.05) is 5.54 Å². The monoisotopic (exact) mass is 243 g/mol. The molecular weight excluding hydrogens is 210 g/mol. The average Bonchev–Trinajstić information content (AvgIpc) is 2.35. The van der Waals surface area contributed by atoms with Gasteiger partial charge in [0.25, 0.3) is 0 Å². The lowest BCUT2D eigenvalue weighted by Crippen LogP contribution is -2.58. The van der Waals surface area contributed by atoms with Gasteiger partial charge >= 0.3 is 0 Å². The second-order valence-electron chi connectivity index (χ2n) is 5.19. The third-order valence-electron chi connectivity index (χ3n) is 4.45. The van der Waals surface area contributed by atoms with Gasteiger partial charge in [-0.2, -0.15) is 0 Å². The van der Waals surface area contributed by atoms with E-state index in [1.165, 1.54) is 0 Å². The molecule has 17 heavy (non-hydrogen) atoms. The first kappa shape index (κ1) is 16.9. The Bertz CT molecular complexity index is 185. The number of aliphatic hydroxyl groups excluding tert-OH is 1.